The van der Waals surface area contributed by atoms with Gasteiger partial charge in [0, 0.05) is 23.2 Å². The van der Waals surface area contributed by atoms with E-state index in [9.17, 15) is 0 Å². The summed E-state index contributed by atoms with van der Waals surface area (Å²) in [7, 11) is 0. The second-order valence-electron chi connectivity index (χ2n) is 8.10. The van der Waals surface area contributed by atoms with Gasteiger partial charge in [-0.25, -0.2) is 9.97 Å². The molecular formula is C23H23N7. The van der Waals surface area contributed by atoms with Gasteiger partial charge in [-0.05, 0) is 68.6 Å². The van der Waals surface area contributed by atoms with Crippen molar-refractivity contribution in [2.75, 3.05) is 13.1 Å². The number of nitrogens with zero attached hydrogens (tertiary/aromatic N) is 4. The van der Waals surface area contributed by atoms with Crippen LogP contribution in [0.1, 0.15) is 30.0 Å². The number of fused-ring (bicyclic) bond motifs is 2. The first-order valence-corrected chi connectivity index (χ1v) is 10.4. The Balaban J connectivity index is 1.47. The maximum absolute atomic E-state index is 4.65. The van der Waals surface area contributed by atoms with E-state index in [0.717, 1.165) is 57.8 Å². The molecule has 0 saturated carbocycles. The topological polar surface area (TPSA) is 87.2 Å². The molecule has 1 aliphatic rings. The molecule has 1 fully saturated rings. The van der Waals surface area contributed by atoms with Crippen molar-refractivity contribution in [3.63, 3.8) is 0 Å². The molecule has 1 aliphatic heterocycles. The van der Waals surface area contributed by atoms with Crippen molar-refractivity contribution < 1.29 is 0 Å². The zero-order valence-corrected chi connectivity index (χ0v) is 16.8. The largest absolute Gasteiger partial charge is 0.353 e. The van der Waals surface area contributed by atoms with Crippen molar-refractivity contribution in [2.45, 2.75) is 25.7 Å². The Hall–Kier alpha value is -3.45. The monoisotopic (exact) mass is 397 g/mol. The molecule has 0 radical (unpaired) electrons. The van der Waals surface area contributed by atoms with E-state index in [1.54, 1.807) is 6.33 Å². The van der Waals surface area contributed by atoms with Crippen LogP contribution in [0, 0.1) is 6.92 Å². The van der Waals surface area contributed by atoms with E-state index in [0.29, 0.717) is 5.92 Å². The minimum atomic E-state index is 0.612. The molecule has 4 aromatic heterocycles. The van der Waals surface area contributed by atoms with Crippen LogP contribution in [0.3, 0.4) is 0 Å². The van der Waals surface area contributed by atoms with Crippen molar-refractivity contribution in [3.8, 4) is 17.2 Å². The molecule has 1 aromatic carbocycles. The number of hydrogen-bond acceptors (Lipinski definition) is 4. The minimum Gasteiger partial charge on any atom is -0.353 e. The molecule has 7 heteroatoms. The Bertz CT molecular complexity index is 1350. The Morgan fingerprint density at radius 2 is 1.90 bits per heavy atom. The van der Waals surface area contributed by atoms with Crippen molar-refractivity contribution >= 4 is 21.8 Å². The molecule has 150 valence electrons. The lowest BCUT2D eigenvalue weighted by Crippen LogP contribution is -2.26. The summed E-state index contributed by atoms with van der Waals surface area (Å²) in [5.41, 5.74) is 6.40. The number of aryl methyl sites for hydroxylation is 1. The van der Waals surface area contributed by atoms with Gasteiger partial charge in [-0.2, -0.15) is 5.10 Å². The zero-order chi connectivity index (χ0) is 20.1. The first kappa shape index (κ1) is 17.4. The maximum Gasteiger partial charge on any atom is 0.147 e. The quantitative estimate of drug-likeness (QED) is 0.428. The molecule has 0 atom stereocenters. The summed E-state index contributed by atoms with van der Waals surface area (Å²) in [6, 6.07) is 10.9. The van der Waals surface area contributed by atoms with Crippen LogP contribution in [0.15, 0.2) is 49.1 Å². The Morgan fingerprint density at radius 1 is 1.00 bits per heavy atom. The SMILES string of the molecule is Cc1cn(-c2nccc3[nH]c(-c4n[nH]c5ccc(C6CCNCC6)cc45)cc23)cn1. The number of pyridine rings is 1. The van der Waals surface area contributed by atoms with E-state index >= 15 is 0 Å². The highest BCUT2D eigenvalue weighted by molar-refractivity contribution is 5.97. The zero-order valence-electron chi connectivity index (χ0n) is 16.8. The molecule has 0 unspecified atom stereocenters. The van der Waals surface area contributed by atoms with E-state index in [1.807, 2.05) is 30.0 Å². The molecule has 6 rings (SSSR count). The molecule has 0 amide bonds. The fraction of sp³-hybridized carbons (Fsp3) is 0.261. The van der Waals surface area contributed by atoms with Crippen LogP contribution in [0.4, 0.5) is 0 Å². The van der Waals surface area contributed by atoms with Gasteiger partial charge in [-0.1, -0.05) is 6.07 Å². The van der Waals surface area contributed by atoms with Gasteiger partial charge in [0.05, 0.1) is 22.4 Å². The average molecular weight is 397 g/mol. The smallest absolute Gasteiger partial charge is 0.147 e. The lowest BCUT2D eigenvalue weighted by atomic mass is 9.89. The van der Waals surface area contributed by atoms with E-state index in [4.69, 9.17) is 0 Å². The van der Waals surface area contributed by atoms with Crippen molar-refractivity contribution in [1.82, 2.24) is 35.0 Å². The van der Waals surface area contributed by atoms with E-state index < -0.39 is 0 Å². The number of hydrogen-bond donors (Lipinski definition) is 3. The minimum absolute atomic E-state index is 0.612. The lowest BCUT2D eigenvalue weighted by Gasteiger charge is -2.23. The Kier molecular flexibility index (Phi) is 3.95. The molecule has 0 aliphatic carbocycles. The number of imidazole rings is 1. The molecule has 5 heterocycles. The van der Waals surface area contributed by atoms with Gasteiger partial charge in [-0.3, -0.25) is 9.67 Å². The van der Waals surface area contributed by atoms with E-state index in [2.05, 4.69) is 54.7 Å². The van der Waals surface area contributed by atoms with Gasteiger partial charge in [0.1, 0.15) is 17.8 Å². The third-order valence-corrected chi connectivity index (χ3v) is 6.14. The van der Waals surface area contributed by atoms with Gasteiger partial charge in [-0.15, -0.1) is 0 Å². The molecule has 7 nitrogen and oxygen atoms in total. The van der Waals surface area contributed by atoms with Gasteiger partial charge >= 0.3 is 0 Å². The average Bonchev–Trinajstić information content (AvgIpc) is 3.51. The second-order valence-corrected chi connectivity index (χ2v) is 8.10. The van der Waals surface area contributed by atoms with E-state index in [-0.39, 0.29) is 0 Å². The molecule has 3 N–H and O–H groups in total. The van der Waals surface area contributed by atoms with Crippen LogP contribution in [-0.4, -0.2) is 42.8 Å². The fourth-order valence-corrected chi connectivity index (χ4v) is 4.56. The van der Waals surface area contributed by atoms with Crippen LogP contribution in [0.25, 0.3) is 39.0 Å². The second kappa shape index (κ2) is 6.81. The summed E-state index contributed by atoms with van der Waals surface area (Å²) in [6.45, 7) is 4.16. The number of benzene rings is 1. The number of nitrogens with one attached hydrogen (secondary N) is 3. The van der Waals surface area contributed by atoms with Crippen LogP contribution < -0.4 is 5.32 Å². The number of piperidine rings is 1. The van der Waals surface area contributed by atoms with Gasteiger partial charge in [0.25, 0.3) is 0 Å². The fourth-order valence-electron chi connectivity index (χ4n) is 4.56. The van der Waals surface area contributed by atoms with Gasteiger partial charge in [0.15, 0.2) is 0 Å². The van der Waals surface area contributed by atoms with Crippen LogP contribution in [-0.2, 0) is 0 Å². The van der Waals surface area contributed by atoms with E-state index in [1.165, 1.54) is 18.4 Å². The maximum atomic E-state index is 4.65. The summed E-state index contributed by atoms with van der Waals surface area (Å²) >= 11 is 0. The van der Waals surface area contributed by atoms with Gasteiger partial charge < -0.3 is 10.3 Å². The summed E-state index contributed by atoms with van der Waals surface area (Å²) < 4.78 is 1.97. The standard InChI is InChI=1S/C23H23N7/c1-14-12-30(13-26-14)23-18-11-21(27-19(18)6-9-25-23)22-17-10-16(2-3-20(17)28-29-22)15-4-7-24-8-5-15/h2-3,6,9-13,15,24,27H,4-5,7-8H2,1H3,(H,28,29). The number of aromatic amines is 2. The number of rotatable bonds is 3. The first-order valence-electron chi connectivity index (χ1n) is 10.4. The predicted molar refractivity (Wildman–Crippen MR) is 118 cm³/mol. The lowest BCUT2D eigenvalue weighted by molar-refractivity contribution is 0.460. The highest BCUT2D eigenvalue weighted by Crippen LogP contribution is 2.33. The predicted octanol–water partition coefficient (Wildman–Crippen LogP) is 4.07. The molecule has 5 aromatic rings. The third kappa shape index (κ3) is 2.81. The molecule has 0 spiro atoms. The summed E-state index contributed by atoms with van der Waals surface area (Å²) in [5.74, 6) is 1.48. The molecule has 0 bridgehead atoms. The molecule has 30 heavy (non-hydrogen) atoms. The summed E-state index contributed by atoms with van der Waals surface area (Å²) in [5, 5.41) is 13.5. The molecular weight excluding hydrogens is 374 g/mol. The first-order chi connectivity index (χ1) is 14.8. The summed E-state index contributed by atoms with van der Waals surface area (Å²) in [6.07, 6.45) is 7.99. The van der Waals surface area contributed by atoms with Gasteiger partial charge in [0.2, 0.25) is 0 Å². The molecule has 1 saturated heterocycles. The third-order valence-electron chi connectivity index (χ3n) is 6.14. The van der Waals surface area contributed by atoms with Crippen LogP contribution in [0.2, 0.25) is 0 Å². The van der Waals surface area contributed by atoms with Crippen molar-refractivity contribution in [1.29, 1.82) is 0 Å². The number of aromatic nitrogens is 6. The highest BCUT2D eigenvalue weighted by atomic mass is 15.1. The van der Waals surface area contributed by atoms with Crippen molar-refractivity contribution in [2.24, 2.45) is 0 Å². The van der Waals surface area contributed by atoms with Crippen molar-refractivity contribution in [3.05, 3.63) is 60.3 Å². The normalized spacial score (nSPS) is 15.4. The highest BCUT2D eigenvalue weighted by Gasteiger charge is 2.18. The summed E-state index contributed by atoms with van der Waals surface area (Å²) in [4.78, 5) is 12.5. The Morgan fingerprint density at radius 3 is 2.73 bits per heavy atom. The Labute approximate surface area is 173 Å². The number of H-pyrrole nitrogens is 2. The van der Waals surface area contributed by atoms with Crippen LogP contribution in [0.5, 0.6) is 0 Å². The van der Waals surface area contributed by atoms with Crippen LogP contribution >= 0.6 is 0 Å².